The van der Waals surface area contributed by atoms with Gasteiger partial charge < -0.3 is 10.1 Å². The molecule has 1 aromatic rings. The van der Waals surface area contributed by atoms with E-state index in [0.717, 1.165) is 31.9 Å². The molecule has 0 fully saturated rings. The molecular weight excluding hydrogens is 214 g/mol. The van der Waals surface area contributed by atoms with E-state index in [1.165, 1.54) is 17.0 Å². The highest BCUT2D eigenvalue weighted by molar-refractivity contribution is 5.31. The Bertz CT molecular complexity index is 390. The summed E-state index contributed by atoms with van der Waals surface area (Å²) >= 11 is 0. The molecule has 0 spiro atoms. The maximum atomic E-state index is 5.36. The first-order valence-electron chi connectivity index (χ1n) is 6.39. The molecule has 0 atom stereocenters. The fraction of sp³-hybridized carbons (Fsp3) is 0.692. The maximum Gasteiger partial charge on any atom is 0.131 e. The summed E-state index contributed by atoms with van der Waals surface area (Å²) < 4.78 is 5.36. The Labute approximate surface area is 103 Å². The molecular formula is C13H21N3O. The van der Waals surface area contributed by atoms with Gasteiger partial charge in [-0.05, 0) is 12.8 Å². The van der Waals surface area contributed by atoms with E-state index in [0.29, 0.717) is 12.5 Å². The average molecular weight is 235 g/mol. The minimum absolute atomic E-state index is 0.456. The lowest BCUT2D eigenvalue weighted by atomic mass is 10.0. The van der Waals surface area contributed by atoms with Crippen LogP contribution in [0.5, 0.6) is 0 Å². The van der Waals surface area contributed by atoms with Crippen LogP contribution in [0.25, 0.3) is 0 Å². The van der Waals surface area contributed by atoms with Crippen molar-refractivity contribution in [2.45, 2.75) is 46.2 Å². The first-order chi connectivity index (χ1) is 8.22. The SMILES string of the molecule is CCOCCc1nc2c(c(C(C)C)n1)CNC2. The zero-order chi connectivity index (χ0) is 12.3. The molecule has 0 aliphatic carbocycles. The van der Waals surface area contributed by atoms with Gasteiger partial charge in [-0.1, -0.05) is 13.8 Å². The van der Waals surface area contributed by atoms with Gasteiger partial charge in [-0.25, -0.2) is 9.97 Å². The topological polar surface area (TPSA) is 47.0 Å². The molecule has 0 saturated heterocycles. The number of nitrogens with one attached hydrogen (secondary N) is 1. The molecule has 17 heavy (non-hydrogen) atoms. The number of hydrogen-bond donors (Lipinski definition) is 1. The third-order valence-corrected chi connectivity index (χ3v) is 2.99. The van der Waals surface area contributed by atoms with Crippen LogP contribution in [0.2, 0.25) is 0 Å². The molecule has 1 N–H and O–H groups in total. The molecule has 94 valence electrons. The van der Waals surface area contributed by atoms with E-state index in [1.54, 1.807) is 0 Å². The third kappa shape index (κ3) is 2.82. The Morgan fingerprint density at radius 1 is 1.29 bits per heavy atom. The molecule has 2 heterocycles. The van der Waals surface area contributed by atoms with E-state index in [4.69, 9.17) is 4.74 Å². The lowest BCUT2D eigenvalue weighted by Crippen LogP contribution is -2.09. The van der Waals surface area contributed by atoms with Crippen molar-refractivity contribution in [2.24, 2.45) is 0 Å². The summed E-state index contributed by atoms with van der Waals surface area (Å²) in [5.41, 5.74) is 3.68. The summed E-state index contributed by atoms with van der Waals surface area (Å²) in [5, 5.41) is 3.34. The highest BCUT2D eigenvalue weighted by atomic mass is 16.5. The van der Waals surface area contributed by atoms with Crippen LogP contribution >= 0.6 is 0 Å². The maximum absolute atomic E-state index is 5.36. The van der Waals surface area contributed by atoms with Crippen molar-refractivity contribution in [3.8, 4) is 0 Å². The van der Waals surface area contributed by atoms with Crippen LogP contribution in [0.1, 0.15) is 49.5 Å². The number of rotatable bonds is 5. The summed E-state index contributed by atoms with van der Waals surface area (Å²) in [6.45, 7) is 9.63. The van der Waals surface area contributed by atoms with E-state index in [2.05, 4.69) is 29.1 Å². The fourth-order valence-electron chi connectivity index (χ4n) is 2.14. The smallest absolute Gasteiger partial charge is 0.131 e. The van der Waals surface area contributed by atoms with E-state index < -0.39 is 0 Å². The first kappa shape index (κ1) is 12.5. The van der Waals surface area contributed by atoms with Gasteiger partial charge in [0, 0.05) is 31.7 Å². The van der Waals surface area contributed by atoms with Crippen LogP contribution in [-0.4, -0.2) is 23.2 Å². The minimum atomic E-state index is 0.456. The molecule has 4 heteroatoms. The van der Waals surface area contributed by atoms with Crippen molar-refractivity contribution in [3.05, 3.63) is 22.8 Å². The molecule has 0 saturated carbocycles. The van der Waals surface area contributed by atoms with Gasteiger partial charge in [0.25, 0.3) is 0 Å². The lowest BCUT2D eigenvalue weighted by Gasteiger charge is -2.12. The van der Waals surface area contributed by atoms with Crippen LogP contribution in [0.3, 0.4) is 0 Å². The quantitative estimate of drug-likeness (QED) is 0.790. The second-order valence-electron chi connectivity index (χ2n) is 4.66. The number of nitrogens with zero attached hydrogens (tertiary/aromatic N) is 2. The van der Waals surface area contributed by atoms with Crippen molar-refractivity contribution in [1.29, 1.82) is 0 Å². The van der Waals surface area contributed by atoms with Crippen molar-refractivity contribution >= 4 is 0 Å². The van der Waals surface area contributed by atoms with Gasteiger partial charge in [0.15, 0.2) is 0 Å². The second kappa shape index (κ2) is 5.56. The van der Waals surface area contributed by atoms with Gasteiger partial charge in [-0.2, -0.15) is 0 Å². The van der Waals surface area contributed by atoms with Gasteiger partial charge in [0.05, 0.1) is 18.0 Å². The van der Waals surface area contributed by atoms with Gasteiger partial charge in [-0.3, -0.25) is 0 Å². The zero-order valence-corrected chi connectivity index (χ0v) is 10.9. The molecule has 0 unspecified atom stereocenters. The van der Waals surface area contributed by atoms with Crippen molar-refractivity contribution in [1.82, 2.24) is 15.3 Å². The van der Waals surface area contributed by atoms with E-state index >= 15 is 0 Å². The fourth-order valence-corrected chi connectivity index (χ4v) is 2.14. The van der Waals surface area contributed by atoms with Crippen LogP contribution in [0, 0.1) is 0 Å². The molecule has 0 amide bonds. The summed E-state index contributed by atoms with van der Waals surface area (Å²) in [6, 6.07) is 0. The molecule has 0 radical (unpaired) electrons. The highest BCUT2D eigenvalue weighted by Crippen LogP contribution is 2.23. The number of ether oxygens (including phenoxy) is 1. The van der Waals surface area contributed by atoms with Gasteiger partial charge >= 0.3 is 0 Å². The summed E-state index contributed by atoms with van der Waals surface area (Å²) in [5.74, 6) is 1.38. The van der Waals surface area contributed by atoms with Gasteiger partial charge in [0.1, 0.15) is 5.82 Å². The predicted octanol–water partition coefficient (Wildman–Crippen LogP) is 1.78. The minimum Gasteiger partial charge on any atom is -0.381 e. The van der Waals surface area contributed by atoms with E-state index in [-0.39, 0.29) is 0 Å². The third-order valence-electron chi connectivity index (χ3n) is 2.99. The average Bonchev–Trinajstić information content (AvgIpc) is 2.76. The number of fused-ring (bicyclic) bond motifs is 1. The van der Waals surface area contributed by atoms with Crippen LogP contribution in [0.15, 0.2) is 0 Å². The Hall–Kier alpha value is -1.00. The molecule has 0 bridgehead atoms. The number of hydrogen-bond acceptors (Lipinski definition) is 4. The molecule has 0 aromatic carbocycles. The lowest BCUT2D eigenvalue weighted by molar-refractivity contribution is 0.149. The Morgan fingerprint density at radius 3 is 2.82 bits per heavy atom. The van der Waals surface area contributed by atoms with E-state index in [9.17, 15) is 0 Å². The standard InChI is InChI=1S/C13H21N3O/c1-4-17-6-5-12-15-11-8-14-7-10(11)13(16-12)9(2)3/h9,14H,4-8H2,1-3H3. The van der Waals surface area contributed by atoms with E-state index in [1.807, 2.05) is 6.92 Å². The normalized spacial score (nSPS) is 14.4. The molecule has 1 aromatic heterocycles. The first-order valence-corrected chi connectivity index (χ1v) is 6.39. The summed E-state index contributed by atoms with van der Waals surface area (Å²) in [4.78, 5) is 9.30. The zero-order valence-electron chi connectivity index (χ0n) is 10.9. The largest absolute Gasteiger partial charge is 0.381 e. The highest BCUT2D eigenvalue weighted by Gasteiger charge is 2.20. The van der Waals surface area contributed by atoms with Crippen LogP contribution in [-0.2, 0) is 24.2 Å². The molecule has 1 aliphatic rings. The molecule has 4 nitrogen and oxygen atoms in total. The second-order valence-corrected chi connectivity index (χ2v) is 4.66. The predicted molar refractivity (Wildman–Crippen MR) is 66.9 cm³/mol. The van der Waals surface area contributed by atoms with Crippen LogP contribution < -0.4 is 5.32 Å². The monoisotopic (exact) mass is 235 g/mol. The van der Waals surface area contributed by atoms with Gasteiger partial charge in [0.2, 0.25) is 0 Å². The molecule has 1 aliphatic heterocycles. The Morgan fingerprint density at radius 2 is 2.12 bits per heavy atom. The number of aromatic nitrogens is 2. The van der Waals surface area contributed by atoms with Gasteiger partial charge in [-0.15, -0.1) is 0 Å². The van der Waals surface area contributed by atoms with Crippen molar-refractivity contribution < 1.29 is 4.74 Å². The Balaban J connectivity index is 2.20. The Kier molecular flexibility index (Phi) is 4.07. The summed E-state index contributed by atoms with van der Waals surface area (Å²) in [6.07, 6.45) is 0.806. The van der Waals surface area contributed by atoms with Crippen molar-refractivity contribution in [3.63, 3.8) is 0 Å². The summed E-state index contributed by atoms with van der Waals surface area (Å²) in [7, 11) is 0. The van der Waals surface area contributed by atoms with Crippen molar-refractivity contribution in [2.75, 3.05) is 13.2 Å². The molecule has 2 rings (SSSR count). The van der Waals surface area contributed by atoms with Crippen LogP contribution in [0.4, 0.5) is 0 Å².